The summed E-state index contributed by atoms with van der Waals surface area (Å²) in [6.07, 6.45) is 0. The molecule has 1 N–H and O–H groups in total. The first-order valence-electron chi connectivity index (χ1n) is 5.62. The topological polar surface area (TPSA) is 50.7 Å². The van der Waals surface area contributed by atoms with Crippen LogP contribution in [0.3, 0.4) is 0 Å². The smallest absolute Gasteiger partial charge is 0.234 e. The molecule has 0 bridgehead atoms. The molecule has 1 aliphatic heterocycles. The minimum Gasteiger partial charge on any atom is -0.495 e. The van der Waals surface area contributed by atoms with Crippen LogP contribution in [0, 0.1) is 0 Å². The minimum absolute atomic E-state index is 0.0965. The highest BCUT2D eigenvalue weighted by Gasteiger charge is 2.12. The van der Waals surface area contributed by atoms with Crippen LogP contribution >= 0.6 is 35.1 Å². The van der Waals surface area contributed by atoms with Gasteiger partial charge in [0.15, 0.2) is 0 Å². The molecule has 1 aromatic carbocycles. The summed E-state index contributed by atoms with van der Waals surface area (Å²) < 4.78 is 6.15. The van der Waals surface area contributed by atoms with Gasteiger partial charge in [0, 0.05) is 10.8 Å². The Labute approximate surface area is 125 Å². The third-order valence-corrected chi connectivity index (χ3v) is 4.81. The molecule has 1 amide bonds. The van der Waals surface area contributed by atoms with Crippen LogP contribution in [0.2, 0.25) is 5.02 Å². The molecule has 0 aliphatic carbocycles. The molecule has 102 valence electrons. The van der Waals surface area contributed by atoms with Gasteiger partial charge in [0.05, 0.1) is 25.1 Å². The average Bonchev–Trinajstić information content (AvgIpc) is 2.90. The lowest BCUT2D eigenvalue weighted by Crippen LogP contribution is -2.15. The van der Waals surface area contributed by atoms with E-state index < -0.39 is 0 Å². The monoisotopic (exact) mass is 316 g/mol. The van der Waals surface area contributed by atoms with Crippen LogP contribution in [-0.4, -0.2) is 35.4 Å². The van der Waals surface area contributed by atoms with Crippen LogP contribution in [0.1, 0.15) is 0 Å². The van der Waals surface area contributed by atoms with Gasteiger partial charge >= 0.3 is 0 Å². The zero-order valence-corrected chi connectivity index (χ0v) is 12.7. The highest BCUT2D eigenvalue weighted by molar-refractivity contribution is 8.39. The predicted molar refractivity (Wildman–Crippen MR) is 83.9 cm³/mol. The summed E-state index contributed by atoms with van der Waals surface area (Å²) in [6.45, 7) is 0.844. The quantitative estimate of drug-likeness (QED) is 0.927. The molecule has 0 fully saturated rings. The Balaban J connectivity index is 1.92. The van der Waals surface area contributed by atoms with Crippen LogP contribution < -0.4 is 10.1 Å². The number of amides is 1. The van der Waals surface area contributed by atoms with Crippen molar-refractivity contribution < 1.29 is 9.53 Å². The van der Waals surface area contributed by atoms with E-state index in [1.807, 2.05) is 0 Å². The number of carbonyl (C=O) groups is 1. The molecule has 1 aliphatic rings. The molecular weight excluding hydrogens is 304 g/mol. The maximum atomic E-state index is 11.9. The van der Waals surface area contributed by atoms with Gasteiger partial charge in [-0.3, -0.25) is 9.79 Å². The number of nitrogens with zero attached hydrogens (tertiary/aromatic N) is 1. The van der Waals surface area contributed by atoms with Gasteiger partial charge in [0.2, 0.25) is 5.91 Å². The van der Waals surface area contributed by atoms with Crippen molar-refractivity contribution >= 4 is 51.1 Å². The van der Waals surface area contributed by atoms with Gasteiger partial charge in [0.1, 0.15) is 10.1 Å². The van der Waals surface area contributed by atoms with Crippen molar-refractivity contribution in [1.82, 2.24) is 0 Å². The second-order valence-corrected chi connectivity index (χ2v) is 6.42. The number of rotatable bonds is 4. The molecular formula is C12H13ClN2O2S2. The van der Waals surface area contributed by atoms with Crippen LogP contribution in [-0.2, 0) is 4.79 Å². The number of halogens is 1. The van der Waals surface area contributed by atoms with Crippen molar-refractivity contribution in [3.8, 4) is 5.75 Å². The molecule has 0 radical (unpaired) electrons. The van der Waals surface area contributed by atoms with Gasteiger partial charge in [-0.25, -0.2) is 0 Å². The average molecular weight is 317 g/mol. The number of aliphatic imine (C=N–C) groups is 1. The van der Waals surface area contributed by atoms with Crippen molar-refractivity contribution in [2.45, 2.75) is 0 Å². The Morgan fingerprint density at radius 3 is 3.16 bits per heavy atom. The van der Waals surface area contributed by atoms with E-state index in [4.69, 9.17) is 16.3 Å². The van der Waals surface area contributed by atoms with E-state index in [2.05, 4.69) is 10.3 Å². The summed E-state index contributed by atoms with van der Waals surface area (Å²) in [4.78, 5) is 16.1. The zero-order valence-electron chi connectivity index (χ0n) is 10.3. The van der Waals surface area contributed by atoms with Crippen molar-refractivity contribution in [3.05, 3.63) is 23.2 Å². The van der Waals surface area contributed by atoms with Crippen molar-refractivity contribution in [1.29, 1.82) is 0 Å². The molecule has 1 heterocycles. The zero-order chi connectivity index (χ0) is 13.7. The maximum absolute atomic E-state index is 11.9. The Morgan fingerprint density at radius 1 is 1.63 bits per heavy atom. The number of anilines is 1. The lowest BCUT2D eigenvalue weighted by atomic mass is 10.3. The lowest BCUT2D eigenvalue weighted by Gasteiger charge is -2.10. The number of nitrogens with one attached hydrogen (secondary N) is 1. The van der Waals surface area contributed by atoms with Crippen molar-refractivity contribution in [2.24, 2.45) is 4.99 Å². The lowest BCUT2D eigenvalue weighted by molar-refractivity contribution is -0.113. The Bertz CT molecular complexity index is 509. The number of ether oxygens (including phenoxy) is 1. The molecule has 0 unspecified atom stereocenters. The summed E-state index contributed by atoms with van der Waals surface area (Å²) in [5.74, 6) is 1.84. The van der Waals surface area contributed by atoms with E-state index in [1.54, 1.807) is 37.1 Å². The predicted octanol–water partition coefficient (Wildman–Crippen LogP) is 3.12. The van der Waals surface area contributed by atoms with E-state index in [-0.39, 0.29) is 5.91 Å². The fourth-order valence-corrected chi connectivity index (χ4v) is 3.48. The fraction of sp³-hybridized carbons (Fsp3) is 0.333. The molecule has 0 saturated carbocycles. The van der Waals surface area contributed by atoms with E-state index in [0.717, 1.165) is 16.7 Å². The first-order chi connectivity index (χ1) is 9.19. The molecule has 19 heavy (non-hydrogen) atoms. The number of hydrogen-bond donors (Lipinski definition) is 1. The number of benzene rings is 1. The minimum atomic E-state index is -0.0965. The highest BCUT2D eigenvalue weighted by atomic mass is 35.5. The molecule has 2 rings (SSSR count). The summed E-state index contributed by atoms with van der Waals surface area (Å²) in [5, 5.41) is 3.35. The molecule has 4 nitrogen and oxygen atoms in total. The summed E-state index contributed by atoms with van der Waals surface area (Å²) in [7, 11) is 1.55. The molecule has 0 spiro atoms. The van der Waals surface area contributed by atoms with Crippen LogP contribution in [0.4, 0.5) is 5.69 Å². The molecule has 0 aromatic heterocycles. The van der Waals surface area contributed by atoms with Gasteiger partial charge in [-0.1, -0.05) is 35.1 Å². The Hall–Kier alpha value is -0.850. The molecule has 0 atom stereocenters. The fourth-order valence-electron chi connectivity index (χ4n) is 1.49. The van der Waals surface area contributed by atoms with Gasteiger partial charge in [-0.05, 0) is 18.2 Å². The Morgan fingerprint density at radius 2 is 2.47 bits per heavy atom. The van der Waals surface area contributed by atoms with E-state index >= 15 is 0 Å². The largest absolute Gasteiger partial charge is 0.495 e. The van der Waals surface area contributed by atoms with E-state index in [0.29, 0.717) is 22.2 Å². The third kappa shape index (κ3) is 4.33. The van der Waals surface area contributed by atoms with Crippen molar-refractivity contribution in [3.63, 3.8) is 0 Å². The van der Waals surface area contributed by atoms with Crippen LogP contribution in [0.5, 0.6) is 5.75 Å². The van der Waals surface area contributed by atoms with Gasteiger partial charge in [-0.15, -0.1) is 0 Å². The molecule has 7 heteroatoms. The second-order valence-electron chi connectivity index (χ2n) is 3.68. The second kappa shape index (κ2) is 7.07. The SMILES string of the molecule is COc1ccc(Cl)cc1NC(=O)CSC1=NCCS1. The van der Waals surface area contributed by atoms with Crippen molar-refractivity contribution in [2.75, 3.05) is 30.5 Å². The maximum Gasteiger partial charge on any atom is 0.234 e. The first kappa shape index (κ1) is 14.6. The molecule has 0 saturated heterocycles. The van der Waals surface area contributed by atoms with Crippen LogP contribution in [0.15, 0.2) is 23.2 Å². The van der Waals surface area contributed by atoms with E-state index in [1.165, 1.54) is 11.8 Å². The number of thioether (sulfide) groups is 2. The first-order valence-corrected chi connectivity index (χ1v) is 7.97. The van der Waals surface area contributed by atoms with Gasteiger partial charge in [-0.2, -0.15) is 0 Å². The number of carbonyl (C=O) groups excluding carboxylic acids is 1. The summed E-state index contributed by atoms with van der Waals surface area (Å²) in [5.41, 5.74) is 0.585. The van der Waals surface area contributed by atoms with E-state index in [9.17, 15) is 4.79 Å². The van der Waals surface area contributed by atoms with Gasteiger partial charge < -0.3 is 10.1 Å². The molecule has 1 aromatic rings. The summed E-state index contributed by atoms with van der Waals surface area (Å²) in [6, 6.07) is 5.11. The normalized spacial score (nSPS) is 14.1. The third-order valence-electron chi connectivity index (χ3n) is 2.32. The standard InChI is InChI=1S/C12H13ClN2O2S2/c1-17-10-3-2-8(13)6-9(10)15-11(16)7-19-12-14-4-5-18-12/h2-3,6H,4-5,7H2,1H3,(H,15,16). The highest BCUT2D eigenvalue weighted by Crippen LogP contribution is 2.28. The Kier molecular flexibility index (Phi) is 5.42. The summed E-state index contributed by atoms with van der Waals surface area (Å²) >= 11 is 9.05. The van der Waals surface area contributed by atoms with Gasteiger partial charge in [0.25, 0.3) is 0 Å². The van der Waals surface area contributed by atoms with Crippen LogP contribution in [0.25, 0.3) is 0 Å². The number of hydrogen-bond acceptors (Lipinski definition) is 5. The number of methoxy groups -OCH3 is 1.